The predicted molar refractivity (Wildman–Crippen MR) is 121 cm³/mol. The third-order valence-corrected chi connectivity index (χ3v) is 5.41. The maximum atomic E-state index is 12.4. The maximum absolute atomic E-state index is 12.4. The van der Waals surface area contributed by atoms with Gasteiger partial charge in [-0.05, 0) is 57.2 Å². The van der Waals surface area contributed by atoms with Crippen molar-refractivity contribution in [3.05, 3.63) is 42.6 Å². The van der Waals surface area contributed by atoms with Crippen LogP contribution in [0.15, 0.2) is 47.0 Å². The topological polar surface area (TPSA) is 97.0 Å². The number of alkyl halides is 2. The average molecular weight is 465 g/mol. The highest BCUT2D eigenvalue weighted by molar-refractivity contribution is 5.89. The summed E-state index contributed by atoms with van der Waals surface area (Å²) in [5.74, 6) is -0.00838. The summed E-state index contributed by atoms with van der Waals surface area (Å²) >= 11 is 0. The molecule has 1 fully saturated rings. The van der Waals surface area contributed by atoms with E-state index in [4.69, 9.17) is 9.52 Å². The zero-order chi connectivity index (χ0) is 24.0. The van der Waals surface area contributed by atoms with Crippen molar-refractivity contribution in [3.8, 4) is 17.1 Å². The molecule has 180 valence electrons. The van der Waals surface area contributed by atoms with Crippen molar-refractivity contribution in [2.75, 3.05) is 19.0 Å². The van der Waals surface area contributed by atoms with Gasteiger partial charge in [-0.1, -0.05) is 12.1 Å². The normalized spacial score (nSPS) is 18.3. The molecule has 2 atom stereocenters. The fourth-order valence-corrected chi connectivity index (χ4v) is 3.61. The van der Waals surface area contributed by atoms with Gasteiger partial charge >= 0.3 is 6.61 Å². The van der Waals surface area contributed by atoms with E-state index in [-0.39, 0.29) is 18.4 Å². The van der Waals surface area contributed by atoms with Crippen LogP contribution in [0.2, 0.25) is 0 Å². The minimum atomic E-state index is -2.87. The number of fused-ring (bicyclic) bond motifs is 1. The number of hydrogen-bond donors (Lipinski definition) is 3. The van der Waals surface area contributed by atoms with Crippen LogP contribution < -0.4 is 10.1 Å². The molecule has 1 saturated carbocycles. The summed E-state index contributed by atoms with van der Waals surface area (Å²) in [5, 5.41) is 21.4. The van der Waals surface area contributed by atoms with E-state index >= 15 is 0 Å². The first-order valence-electron chi connectivity index (χ1n) is 10.8. The fraction of sp³-hybridized carbons (Fsp3) is 0.458. The summed E-state index contributed by atoms with van der Waals surface area (Å²) in [6.07, 6.45) is 4.62. The number of aliphatic hydroxyl groups is 2. The molecule has 2 heterocycles. The van der Waals surface area contributed by atoms with Gasteiger partial charge in [0.1, 0.15) is 17.0 Å². The number of aromatic nitrogens is 1. The number of methoxy groups -OCH3 is 1. The third kappa shape index (κ3) is 7.12. The Balaban J connectivity index is 0.000000454. The Morgan fingerprint density at radius 3 is 2.64 bits per heavy atom. The fourth-order valence-electron chi connectivity index (χ4n) is 3.61. The number of furan rings is 1. The van der Waals surface area contributed by atoms with Crippen molar-refractivity contribution < 1.29 is 32.9 Å². The Hall–Kier alpha value is -2.75. The number of nitrogens with one attached hydrogen (secondary N) is 1. The van der Waals surface area contributed by atoms with Crippen LogP contribution in [0, 0.1) is 5.92 Å². The van der Waals surface area contributed by atoms with E-state index in [0.717, 1.165) is 24.9 Å². The van der Waals surface area contributed by atoms with E-state index < -0.39 is 12.4 Å². The standard InChI is InChI=1S/C20H20F2N2O3.C4H10O2/c21-20(22)26-15-3-1-2-13(9-15)18-10-17-19(27-18)16(6-7-23-17)24-14-5-4-12(8-14)11-25;1-4(2,5)6-3/h1-3,6-7,9-10,12,14,20,25H,4-5,8,11H2,(H,23,24);5H,1-3H3. The van der Waals surface area contributed by atoms with Crippen molar-refractivity contribution in [1.82, 2.24) is 4.98 Å². The summed E-state index contributed by atoms with van der Waals surface area (Å²) in [6, 6.07) is 10.3. The highest BCUT2D eigenvalue weighted by atomic mass is 19.3. The number of anilines is 1. The molecule has 0 saturated heterocycles. The van der Waals surface area contributed by atoms with E-state index in [0.29, 0.717) is 28.3 Å². The molecular weight excluding hydrogens is 434 g/mol. The molecule has 0 amide bonds. The molecule has 1 aromatic carbocycles. The Labute approximate surface area is 191 Å². The highest BCUT2D eigenvalue weighted by Crippen LogP contribution is 2.34. The zero-order valence-electron chi connectivity index (χ0n) is 18.9. The summed E-state index contributed by atoms with van der Waals surface area (Å²) in [5.41, 5.74) is 2.79. The van der Waals surface area contributed by atoms with Gasteiger partial charge in [0.2, 0.25) is 0 Å². The number of ether oxygens (including phenoxy) is 2. The average Bonchev–Trinajstić information content (AvgIpc) is 3.41. The van der Waals surface area contributed by atoms with Gasteiger partial charge in [-0.2, -0.15) is 8.78 Å². The van der Waals surface area contributed by atoms with Crippen molar-refractivity contribution in [2.45, 2.75) is 51.6 Å². The van der Waals surface area contributed by atoms with Gasteiger partial charge in [0.05, 0.1) is 5.69 Å². The molecule has 0 spiro atoms. The lowest BCUT2D eigenvalue weighted by Crippen LogP contribution is -2.20. The van der Waals surface area contributed by atoms with Crippen molar-refractivity contribution in [1.29, 1.82) is 0 Å². The summed E-state index contributed by atoms with van der Waals surface area (Å²) in [7, 11) is 1.46. The Morgan fingerprint density at radius 1 is 1.24 bits per heavy atom. The number of hydrogen-bond acceptors (Lipinski definition) is 7. The van der Waals surface area contributed by atoms with Crippen LogP contribution in [0.4, 0.5) is 14.5 Å². The minimum Gasteiger partial charge on any atom is -0.452 e. The van der Waals surface area contributed by atoms with E-state index in [2.05, 4.69) is 19.8 Å². The molecule has 0 aliphatic heterocycles. The molecule has 33 heavy (non-hydrogen) atoms. The quantitative estimate of drug-likeness (QED) is 0.422. The number of aliphatic hydroxyl groups excluding tert-OH is 1. The van der Waals surface area contributed by atoms with Crippen LogP contribution in [0.5, 0.6) is 5.75 Å². The van der Waals surface area contributed by atoms with Gasteiger partial charge in [-0.3, -0.25) is 4.98 Å². The van der Waals surface area contributed by atoms with Gasteiger partial charge in [0, 0.05) is 37.6 Å². The van der Waals surface area contributed by atoms with E-state index in [9.17, 15) is 13.9 Å². The van der Waals surface area contributed by atoms with Crippen LogP contribution in [0.3, 0.4) is 0 Å². The molecule has 1 aliphatic carbocycles. The SMILES string of the molecule is COC(C)(C)O.OCC1CCC(Nc2ccnc3cc(-c4cccc(OC(F)F)c4)oc23)C1. The molecule has 4 rings (SSSR count). The largest absolute Gasteiger partial charge is 0.452 e. The van der Waals surface area contributed by atoms with Gasteiger partial charge in [-0.25, -0.2) is 0 Å². The Bertz CT molecular complexity index is 1040. The molecule has 3 aromatic rings. The van der Waals surface area contributed by atoms with Crippen molar-refractivity contribution in [3.63, 3.8) is 0 Å². The molecule has 9 heteroatoms. The number of nitrogens with zero attached hydrogens (tertiary/aromatic N) is 1. The van der Waals surface area contributed by atoms with Crippen LogP contribution in [-0.2, 0) is 4.74 Å². The zero-order valence-corrected chi connectivity index (χ0v) is 18.9. The van der Waals surface area contributed by atoms with Gasteiger partial charge in [0.15, 0.2) is 11.4 Å². The lowest BCUT2D eigenvalue weighted by Gasteiger charge is -2.14. The van der Waals surface area contributed by atoms with Crippen LogP contribution in [0.1, 0.15) is 33.1 Å². The van der Waals surface area contributed by atoms with E-state index in [1.807, 2.05) is 6.07 Å². The predicted octanol–water partition coefficient (Wildman–Crippen LogP) is 5.03. The first-order valence-corrected chi connectivity index (χ1v) is 10.8. The number of pyridine rings is 1. The van der Waals surface area contributed by atoms with Crippen molar-refractivity contribution in [2.24, 2.45) is 5.92 Å². The summed E-state index contributed by atoms with van der Waals surface area (Å²) in [6.45, 7) is 0.494. The Morgan fingerprint density at radius 2 is 2.00 bits per heavy atom. The second-order valence-electron chi connectivity index (χ2n) is 8.44. The molecule has 0 radical (unpaired) electrons. The number of benzene rings is 1. The summed E-state index contributed by atoms with van der Waals surface area (Å²) in [4.78, 5) is 4.34. The third-order valence-electron chi connectivity index (χ3n) is 5.41. The monoisotopic (exact) mass is 464 g/mol. The van der Waals surface area contributed by atoms with E-state index in [1.165, 1.54) is 19.2 Å². The molecule has 7 nitrogen and oxygen atoms in total. The molecular formula is C24H30F2N2O5. The van der Waals surface area contributed by atoms with Gasteiger partial charge in [-0.15, -0.1) is 0 Å². The Kier molecular flexibility index (Phi) is 8.23. The lowest BCUT2D eigenvalue weighted by molar-refractivity contribution is -0.155. The molecule has 2 unspecified atom stereocenters. The smallest absolute Gasteiger partial charge is 0.387 e. The minimum absolute atomic E-state index is 0.0789. The molecule has 3 N–H and O–H groups in total. The van der Waals surface area contributed by atoms with Crippen molar-refractivity contribution >= 4 is 16.8 Å². The van der Waals surface area contributed by atoms with Crippen LogP contribution in [0.25, 0.3) is 22.4 Å². The molecule has 1 aliphatic rings. The summed E-state index contributed by atoms with van der Waals surface area (Å²) < 4.78 is 39.8. The first-order chi connectivity index (χ1) is 15.7. The number of halogens is 2. The second-order valence-corrected chi connectivity index (χ2v) is 8.44. The van der Waals surface area contributed by atoms with Gasteiger partial charge in [0.25, 0.3) is 0 Å². The molecule has 2 aromatic heterocycles. The van der Waals surface area contributed by atoms with Gasteiger partial charge < -0.3 is 29.4 Å². The first kappa shape index (κ1) is 24.9. The second kappa shape index (κ2) is 10.9. The highest BCUT2D eigenvalue weighted by Gasteiger charge is 2.25. The lowest BCUT2D eigenvalue weighted by atomic mass is 10.1. The maximum Gasteiger partial charge on any atom is 0.387 e. The van der Waals surface area contributed by atoms with Crippen LogP contribution in [-0.4, -0.2) is 47.4 Å². The van der Waals surface area contributed by atoms with E-state index in [1.54, 1.807) is 38.2 Å². The number of rotatable bonds is 7. The molecule has 0 bridgehead atoms. The van der Waals surface area contributed by atoms with Crippen LogP contribution >= 0.6 is 0 Å².